The van der Waals surface area contributed by atoms with E-state index in [9.17, 15) is 13.2 Å². The molecule has 106 valence electrons. The van der Waals surface area contributed by atoms with Crippen molar-refractivity contribution in [1.82, 2.24) is 0 Å². The summed E-state index contributed by atoms with van der Waals surface area (Å²) in [7, 11) is -3.89. The van der Waals surface area contributed by atoms with Crippen LogP contribution in [0.5, 0.6) is 0 Å². The average molecular weight is 325 g/mol. The van der Waals surface area contributed by atoms with Gasteiger partial charge in [-0.05, 0) is 18.1 Å². The first-order valence-corrected chi connectivity index (χ1v) is 7.73. The van der Waals surface area contributed by atoms with Crippen LogP contribution < -0.4 is 10.5 Å². The number of benzene rings is 1. The molecule has 1 aromatic rings. The fourth-order valence-corrected chi connectivity index (χ4v) is 2.67. The normalized spacial score (nSPS) is 11.7. The van der Waals surface area contributed by atoms with E-state index < -0.39 is 10.0 Å². The summed E-state index contributed by atoms with van der Waals surface area (Å²) in [6, 6.07) is 2.29. The number of hydrogen-bond donors (Lipinski definition) is 2. The zero-order valence-corrected chi connectivity index (χ0v) is 12.7. The lowest BCUT2D eigenvalue weighted by molar-refractivity contribution is -0.116. The molecule has 0 unspecified atom stereocenters. The molecule has 0 saturated heterocycles. The van der Waals surface area contributed by atoms with Crippen LogP contribution in [0.2, 0.25) is 10.0 Å². The van der Waals surface area contributed by atoms with Gasteiger partial charge in [-0.25, -0.2) is 13.6 Å². The van der Waals surface area contributed by atoms with Gasteiger partial charge >= 0.3 is 0 Å². The van der Waals surface area contributed by atoms with E-state index in [4.69, 9.17) is 28.3 Å². The SMILES string of the molecule is CC(C)CC(=O)Nc1c(Cl)cc(S(N)(=O)=O)cc1Cl. The molecule has 0 radical (unpaired) electrons. The van der Waals surface area contributed by atoms with Gasteiger partial charge in [0.05, 0.1) is 20.6 Å². The van der Waals surface area contributed by atoms with E-state index in [2.05, 4.69) is 5.32 Å². The van der Waals surface area contributed by atoms with Crippen molar-refractivity contribution in [2.75, 3.05) is 5.32 Å². The van der Waals surface area contributed by atoms with Crippen molar-refractivity contribution in [2.24, 2.45) is 11.1 Å². The molecule has 8 heteroatoms. The summed E-state index contributed by atoms with van der Waals surface area (Å²) in [5.74, 6) is -0.0663. The van der Waals surface area contributed by atoms with E-state index in [1.807, 2.05) is 13.8 Å². The summed E-state index contributed by atoms with van der Waals surface area (Å²) in [6.45, 7) is 3.79. The Morgan fingerprint density at radius 2 is 1.79 bits per heavy atom. The lowest BCUT2D eigenvalue weighted by atomic mass is 10.1. The maximum atomic E-state index is 11.6. The summed E-state index contributed by atoms with van der Waals surface area (Å²) >= 11 is 11.8. The minimum absolute atomic E-state index is 0.0219. The van der Waals surface area contributed by atoms with Crippen LogP contribution in [0.25, 0.3) is 0 Å². The molecular weight excluding hydrogens is 311 g/mol. The predicted molar refractivity (Wildman–Crippen MR) is 75.9 cm³/mol. The van der Waals surface area contributed by atoms with Gasteiger partial charge in [-0.2, -0.15) is 0 Å². The number of nitrogens with two attached hydrogens (primary N) is 1. The van der Waals surface area contributed by atoms with Crippen molar-refractivity contribution < 1.29 is 13.2 Å². The number of anilines is 1. The zero-order valence-electron chi connectivity index (χ0n) is 10.4. The van der Waals surface area contributed by atoms with E-state index in [1.54, 1.807) is 0 Å². The van der Waals surface area contributed by atoms with E-state index in [0.717, 1.165) is 12.1 Å². The van der Waals surface area contributed by atoms with E-state index in [1.165, 1.54) is 0 Å². The highest BCUT2D eigenvalue weighted by Crippen LogP contribution is 2.33. The van der Waals surface area contributed by atoms with Gasteiger partial charge in [0.15, 0.2) is 0 Å². The average Bonchev–Trinajstić information content (AvgIpc) is 2.20. The number of amides is 1. The van der Waals surface area contributed by atoms with Crippen LogP contribution in [0.3, 0.4) is 0 Å². The Morgan fingerprint density at radius 1 is 1.32 bits per heavy atom. The van der Waals surface area contributed by atoms with E-state index in [-0.39, 0.29) is 32.5 Å². The largest absolute Gasteiger partial charge is 0.324 e. The van der Waals surface area contributed by atoms with Crippen molar-refractivity contribution in [1.29, 1.82) is 0 Å². The summed E-state index contributed by atoms with van der Waals surface area (Å²) in [5.41, 5.74) is 0.182. The number of halogens is 2. The molecular formula is C11H14Cl2N2O3S. The molecule has 0 fully saturated rings. The lowest BCUT2D eigenvalue weighted by Crippen LogP contribution is -2.16. The maximum Gasteiger partial charge on any atom is 0.238 e. The fourth-order valence-electron chi connectivity index (χ4n) is 1.39. The minimum atomic E-state index is -3.89. The van der Waals surface area contributed by atoms with E-state index >= 15 is 0 Å². The molecule has 0 saturated carbocycles. The van der Waals surface area contributed by atoms with E-state index in [0.29, 0.717) is 6.42 Å². The molecule has 0 atom stereocenters. The standard InChI is InChI=1S/C11H14Cl2N2O3S/c1-6(2)3-10(16)15-11-8(12)4-7(5-9(11)13)19(14,17)18/h4-6H,3H2,1-2H3,(H,15,16)(H2,14,17,18). The van der Waals surface area contributed by atoms with Gasteiger partial charge in [-0.15, -0.1) is 0 Å². The van der Waals surface area contributed by atoms with Crippen LogP contribution in [0.1, 0.15) is 20.3 Å². The van der Waals surface area contributed by atoms with Crippen molar-refractivity contribution >= 4 is 44.8 Å². The summed E-state index contributed by atoms with van der Waals surface area (Å²) < 4.78 is 22.4. The van der Waals surface area contributed by atoms with Crippen molar-refractivity contribution in [3.63, 3.8) is 0 Å². The molecule has 0 bridgehead atoms. The molecule has 0 heterocycles. The predicted octanol–water partition coefficient (Wildman–Crippen LogP) is 2.63. The van der Waals surface area contributed by atoms with Crippen LogP contribution in [0.4, 0.5) is 5.69 Å². The third-order valence-corrected chi connectivity index (χ3v) is 3.69. The number of primary sulfonamides is 1. The van der Waals surface area contributed by atoms with Crippen LogP contribution in [-0.4, -0.2) is 14.3 Å². The van der Waals surface area contributed by atoms with Gasteiger partial charge in [-0.1, -0.05) is 37.0 Å². The second kappa shape index (κ2) is 6.09. The molecule has 0 aromatic heterocycles. The summed E-state index contributed by atoms with van der Waals surface area (Å²) in [5, 5.41) is 7.57. The monoisotopic (exact) mass is 324 g/mol. The Bertz CT molecular complexity index is 577. The molecule has 1 rings (SSSR count). The summed E-state index contributed by atoms with van der Waals surface area (Å²) in [4.78, 5) is 11.4. The Hall–Kier alpha value is -0.820. The molecule has 19 heavy (non-hydrogen) atoms. The highest BCUT2D eigenvalue weighted by Gasteiger charge is 2.16. The zero-order chi connectivity index (χ0) is 14.8. The number of rotatable bonds is 4. The first-order valence-electron chi connectivity index (χ1n) is 5.43. The number of carbonyl (C=O) groups excluding carboxylic acids is 1. The maximum absolute atomic E-state index is 11.6. The molecule has 3 N–H and O–H groups in total. The molecule has 0 aliphatic rings. The Morgan fingerprint density at radius 3 is 2.16 bits per heavy atom. The lowest BCUT2D eigenvalue weighted by Gasteiger charge is -2.11. The highest BCUT2D eigenvalue weighted by molar-refractivity contribution is 7.89. The van der Waals surface area contributed by atoms with Gasteiger partial charge in [0.25, 0.3) is 0 Å². The third-order valence-electron chi connectivity index (χ3n) is 2.20. The number of hydrogen-bond acceptors (Lipinski definition) is 3. The first-order chi connectivity index (χ1) is 8.61. The molecule has 1 aromatic carbocycles. The highest BCUT2D eigenvalue weighted by atomic mass is 35.5. The topological polar surface area (TPSA) is 89.3 Å². The van der Waals surface area contributed by atoms with Gasteiger partial charge < -0.3 is 5.32 Å². The van der Waals surface area contributed by atoms with Gasteiger partial charge in [0, 0.05) is 6.42 Å². The minimum Gasteiger partial charge on any atom is -0.324 e. The van der Waals surface area contributed by atoms with Crippen molar-refractivity contribution in [3.05, 3.63) is 22.2 Å². The number of sulfonamides is 1. The van der Waals surface area contributed by atoms with Crippen LogP contribution in [-0.2, 0) is 14.8 Å². The second-order valence-corrected chi connectivity index (χ2v) is 6.83. The van der Waals surface area contributed by atoms with Crippen molar-refractivity contribution in [3.8, 4) is 0 Å². The molecule has 0 aliphatic heterocycles. The number of carbonyl (C=O) groups is 1. The van der Waals surface area contributed by atoms with Crippen LogP contribution >= 0.6 is 23.2 Å². The summed E-state index contributed by atoms with van der Waals surface area (Å²) in [6.07, 6.45) is 0.309. The molecule has 5 nitrogen and oxygen atoms in total. The first kappa shape index (κ1) is 16.2. The molecule has 0 spiro atoms. The molecule has 1 amide bonds. The Kier molecular flexibility index (Phi) is 5.20. The van der Waals surface area contributed by atoms with Gasteiger partial charge in [0.1, 0.15) is 0 Å². The van der Waals surface area contributed by atoms with Crippen molar-refractivity contribution in [2.45, 2.75) is 25.2 Å². The van der Waals surface area contributed by atoms with Gasteiger partial charge in [0.2, 0.25) is 15.9 Å². The van der Waals surface area contributed by atoms with Crippen LogP contribution in [0.15, 0.2) is 17.0 Å². The number of nitrogens with one attached hydrogen (secondary N) is 1. The Balaban J connectivity index is 3.08. The Labute approximate surface area is 122 Å². The fraction of sp³-hybridized carbons (Fsp3) is 0.364. The second-order valence-electron chi connectivity index (χ2n) is 4.45. The third kappa shape index (κ3) is 4.65. The molecule has 0 aliphatic carbocycles. The smallest absolute Gasteiger partial charge is 0.238 e. The van der Waals surface area contributed by atoms with Gasteiger partial charge in [-0.3, -0.25) is 4.79 Å². The quantitative estimate of drug-likeness (QED) is 0.892. The van der Waals surface area contributed by atoms with Crippen LogP contribution in [0, 0.1) is 5.92 Å².